The summed E-state index contributed by atoms with van der Waals surface area (Å²) in [5.41, 5.74) is 0.898. The fourth-order valence-corrected chi connectivity index (χ4v) is 2.62. The van der Waals surface area contributed by atoms with Gasteiger partial charge in [0, 0.05) is 11.6 Å². The molecule has 0 atom stereocenters. The second-order valence-electron chi connectivity index (χ2n) is 5.58. The standard InChI is InChI=1S/C15H17NO3/c17-13(10-2-3-10)16-12-6-4-11(5-7-12)15(14(18)19)8-1-9-15/h4-7,10H,1-3,8-9H2,(H,16,17)(H,18,19). The molecule has 0 aromatic heterocycles. The van der Waals surface area contributed by atoms with E-state index in [9.17, 15) is 14.7 Å². The third-order valence-electron chi connectivity index (χ3n) is 4.27. The van der Waals surface area contributed by atoms with Crippen molar-refractivity contribution in [3.05, 3.63) is 29.8 Å². The molecule has 2 aliphatic rings. The number of anilines is 1. The van der Waals surface area contributed by atoms with E-state index in [4.69, 9.17) is 0 Å². The second kappa shape index (κ2) is 4.37. The molecule has 1 aromatic carbocycles. The lowest BCUT2D eigenvalue weighted by atomic mass is 9.64. The van der Waals surface area contributed by atoms with Gasteiger partial charge in [-0.1, -0.05) is 18.6 Å². The summed E-state index contributed by atoms with van der Waals surface area (Å²) < 4.78 is 0. The molecule has 2 saturated carbocycles. The number of rotatable bonds is 4. The van der Waals surface area contributed by atoms with E-state index in [2.05, 4.69) is 5.32 Å². The Balaban J connectivity index is 1.74. The van der Waals surface area contributed by atoms with Crippen LogP contribution in [0.3, 0.4) is 0 Å². The molecule has 100 valence electrons. The molecule has 1 amide bonds. The zero-order chi connectivity index (χ0) is 13.5. The molecule has 0 bridgehead atoms. The van der Waals surface area contributed by atoms with Crippen LogP contribution < -0.4 is 5.32 Å². The van der Waals surface area contributed by atoms with Crippen LogP contribution in [0.15, 0.2) is 24.3 Å². The van der Waals surface area contributed by atoms with E-state index < -0.39 is 11.4 Å². The Labute approximate surface area is 111 Å². The van der Waals surface area contributed by atoms with Gasteiger partial charge < -0.3 is 10.4 Å². The van der Waals surface area contributed by atoms with Gasteiger partial charge in [-0.2, -0.15) is 0 Å². The van der Waals surface area contributed by atoms with Gasteiger partial charge in [-0.25, -0.2) is 0 Å². The van der Waals surface area contributed by atoms with Crippen molar-refractivity contribution in [3.63, 3.8) is 0 Å². The zero-order valence-electron chi connectivity index (χ0n) is 10.7. The van der Waals surface area contributed by atoms with Crippen molar-refractivity contribution in [2.24, 2.45) is 5.92 Å². The summed E-state index contributed by atoms with van der Waals surface area (Å²) in [5, 5.41) is 12.2. The lowest BCUT2D eigenvalue weighted by Gasteiger charge is -2.38. The van der Waals surface area contributed by atoms with E-state index in [1.165, 1.54) is 0 Å². The molecule has 0 saturated heterocycles. The fraction of sp³-hybridized carbons (Fsp3) is 0.467. The van der Waals surface area contributed by atoms with Crippen LogP contribution in [0.5, 0.6) is 0 Å². The Hall–Kier alpha value is -1.84. The smallest absolute Gasteiger partial charge is 0.314 e. The third kappa shape index (κ3) is 2.11. The highest BCUT2D eigenvalue weighted by molar-refractivity contribution is 5.94. The number of carbonyl (C=O) groups is 2. The molecule has 2 N–H and O–H groups in total. The predicted octanol–water partition coefficient (Wildman–Crippen LogP) is 2.54. The molecule has 4 nitrogen and oxygen atoms in total. The average molecular weight is 259 g/mol. The van der Waals surface area contributed by atoms with Crippen molar-refractivity contribution < 1.29 is 14.7 Å². The van der Waals surface area contributed by atoms with Crippen LogP contribution in [0.4, 0.5) is 5.69 Å². The van der Waals surface area contributed by atoms with E-state index in [1.54, 1.807) is 12.1 Å². The molecule has 4 heteroatoms. The van der Waals surface area contributed by atoms with Gasteiger partial charge in [-0.15, -0.1) is 0 Å². The number of benzene rings is 1. The summed E-state index contributed by atoms with van der Waals surface area (Å²) in [7, 11) is 0. The first-order valence-corrected chi connectivity index (χ1v) is 6.77. The van der Waals surface area contributed by atoms with Gasteiger partial charge in [-0.3, -0.25) is 9.59 Å². The van der Waals surface area contributed by atoms with E-state index in [0.717, 1.165) is 30.5 Å². The Morgan fingerprint density at radius 3 is 2.21 bits per heavy atom. The predicted molar refractivity (Wildman–Crippen MR) is 71.0 cm³/mol. The molecule has 0 aliphatic heterocycles. The SMILES string of the molecule is O=C(Nc1ccc(C2(C(=O)O)CCC2)cc1)C1CC1. The van der Waals surface area contributed by atoms with Crippen molar-refractivity contribution in [2.75, 3.05) is 5.32 Å². The van der Waals surface area contributed by atoms with E-state index in [0.29, 0.717) is 12.8 Å². The van der Waals surface area contributed by atoms with E-state index >= 15 is 0 Å². The third-order valence-corrected chi connectivity index (χ3v) is 4.27. The monoisotopic (exact) mass is 259 g/mol. The second-order valence-corrected chi connectivity index (χ2v) is 5.58. The van der Waals surface area contributed by atoms with Crippen molar-refractivity contribution >= 4 is 17.6 Å². The molecule has 0 radical (unpaired) electrons. The van der Waals surface area contributed by atoms with Gasteiger partial charge in [0.15, 0.2) is 0 Å². The highest BCUT2D eigenvalue weighted by Crippen LogP contribution is 2.44. The number of carboxylic acid groups (broad SMARTS) is 1. The summed E-state index contributed by atoms with van der Waals surface area (Å²) in [6.45, 7) is 0. The number of nitrogens with one attached hydrogen (secondary N) is 1. The van der Waals surface area contributed by atoms with E-state index in [1.807, 2.05) is 12.1 Å². The van der Waals surface area contributed by atoms with Crippen molar-refractivity contribution in [2.45, 2.75) is 37.5 Å². The number of carbonyl (C=O) groups excluding carboxylic acids is 1. The van der Waals surface area contributed by atoms with Gasteiger partial charge >= 0.3 is 5.97 Å². The number of carboxylic acids is 1. The van der Waals surface area contributed by atoms with E-state index in [-0.39, 0.29) is 11.8 Å². The number of hydrogen-bond donors (Lipinski definition) is 2. The van der Waals surface area contributed by atoms with Crippen LogP contribution in [0.25, 0.3) is 0 Å². The summed E-state index contributed by atoms with van der Waals surface area (Å²) in [6, 6.07) is 7.27. The van der Waals surface area contributed by atoms with Crippen LogP contribution in [0.1, 0.15) is 37.7 Å². The topological polar surface area (TPSA) is 66.4 Å². The Kier molecular flexibility index (Phi) is 2.81. The molecule has 0 unspecified atom stereocenters. The Morgan fingerprint density at radius 2 is 1.79 bits per heavy atom. The quantitative estimate of drug-likeness (QED) is 0.873. The van der Waals surface area contributed by atoms with Gasteiger partial charge in [0.25, 0.3) is 0 Å². The van der Waals surface area contributed by atoms with Crippen molar-refractivity contribution in [1.29, 1.82) is 0 Å². The van der Waals surface area contributed by atoms with Crippen LogP contribution in [-0.2, 0) is 15.0 Å². The zero-order valence-corrected chi connectivity index (χ0v) is 10.7. The normalized spacial score (nSPS) is 20.4. The minimum atomic E-state index is -0.742. The summed E-state index contributed by atoms with van der Waals surface area (Å²) in [4.78, 5) is 23.0. The molecule has 3 rings (SSSR count). The molecule has 2 aliphatic carbocycles. The highest BCUT2D eigenvalue weighted by Gasteiger charge is 2.45. The summed E-state index contributed by atoms with van der Waals surface area (Å²) >= 11 is 0. The fourth-order valence-electron chi connectivity index (χ4n) is 2.62. The molecular weight excluding hydrogens is 242 g/mol. The lowest BCUT2D eigenvalue weighted by molar-refractivity contribution is -0.147. The first-order chi connectivity index (χ1) is 9.12. The van der Waals surface area contributed by atoms with Crippen LogP contribution in [0, 0.1) is 5.92 Å². The molecular formula is C15H17NO3. The van der Waals surface area contributed by atoms with Gasteiger partial charge in [-0.05, 0) is 43.4 Å². The maximum Gasteiger partial charge on any atom is 0.314 e. The lowest BCUT2D eigenvalue weighted by Crippen LogP contribution is -2.42. The maximum atomic E-state index is 11.6. The maximum absolute atomic E-state index is 11.6. The summed E-state index contributed by atoms with van der Waals surface area (Å²) in [5.74, 6) is -0.491. The van der Waals surface area contributed by atoms with Crippen LogP contribution in [0.2, 0.25) is 0 Å². The molecule has 1 aromatic rings. The molecule has 19 heavy (non-hydrogen) atoms. The number of amides is 1. The average Bonchev–Trinajstić information content (AvgIpc) is 3.13. The minimum Gasteiger partial charge on any atom is -0.481 e. The Morgan fingerprint density at radius 1 is 1.16 bits per heavy atom. The first-order valence-electron chi connectivity index (χ1n) is 6.77. The van der Waals surface area contributed by atoms with Crippen molar-refractivity contribution in [3.8, 4) is 0 Å². The molecule has 0 heterocycles. The molecule has 0 spiro atoms. The van der Waals surface area contributed by atoms with Gasteiger partial charge in [0.1, 0.15) is 0 Å². The number of aliphatic carboxylic acids is 1. The van der Waals surface area contributed by atoms with Gasteiger partial charge in [0.05, 0.1) is 5.41 Å². The first kappa shape index (κ1) is 12.2. The highest BCUT2D eigenvalue weighted by atomic mass is 16.4. The van der Waals surface area contributed by atoms with Crippen LogP contribution >= 0.6 is 0 Å². The van der Waals surface area contributed by atoms with Crippen LogP contribution in [-0.4, -0.2) is 17.0 Å². The number of hydrogen-bond acceptors (Lipinski definition) is 2. The largest absolute Gasteiger partial charge is 0.481 e. The van der Waals surface area contributed by atoms with Crippen molar-refractivity contribution in [1.82, 2.24) is 0 Å². The summed E-state index contributed by atoms with van der Waals surface area (Å²) in [6.07, 6.45) is 4.33. The minimum absolute atomic E-state index is 0.0735. The van der Waals surface area contributed by atoms with Gasteiger partial charge in [0.2, 0.25) is 5.91 Å². The Bertz CT molecular complexity index is 513. The molecule has 2 fully saturated rings.